The highest BCUT2D eigenvalue weighted by Gasteiger charge is 2.22. The van der Waals surface area contributed by atoms with E-state index >= 15 is 0 Å². The maximum Gasteiger partial charge on any atom is 0.227 e. The maximum absolute atomic E-state index is 12.1. The highest BCUT2D eigenvalue weighted by Crippen LogP contribution is 2.26. The molecule has 1 aromatic rings. The largest absolute Gasteiger partial charge is 0.326 e. The van der Waals surface area contributed by atoms with Crippen LogP contribution in [0.1, 0.15) is 45.1 Å². The molecule has 0 aliphatic heterocycles. The third-order valence-electron chi connectivity index (χ3n) is 3.63. The van der Waals surface area contributed by atoms with E-state index in [9.17, 15) is 4.79 Å². The van der Waals surface area contributed by atoms with Crippen molar-refractivity contribution in [3.05, 3.63) is 29.8 Å². The van der Waals surface area contributed by atoms with E-state index in [0.29, 0.717) is 6.04 Å². The normalized spacial score (nSPS) is 15.9. The van der Waals surface area contributed by atoms with Gasteiger partial charge in [0, 0.05) is 24.2 Å². The van der Waals surface area contributed by atoms with E-state index in [1.807, 2.05) is 12.1 Å². The van der Waals surface area contributed by atoms with Crippen molar-refractivity contribution in [2.75, 3.05) is 5.32 Å². The number of carbonyl (C=O) groups excluding carboxylic acids is 1. The van der Waals surface area contributed by atoms with Crippen LogP contribution in [0.5, 0.6) is 0 Å². The first-order chi connectivity index (χ1) is 9.15. The van der Waals surface area contributed by atoms with Gasteiger partial charge in [-0.3, -0.25) is 4.79 Å². The number of nitrogens with one attached hydrogen (secondary N) is 2. The summed E-state index contributed by atoms with van der Waals surface area (Å²) in [5.74, 6) is 0.406. The molecular formula is C16H24N2O. The summed E-state index contributed by atoms with van der Waals surface area (Å²) in [6.45, 7) is 5.10. The zero-order valence-electron chi connectivity index (χ0n) is 11.9. The molecule has 0 aromatic heterocycles. The number of anilines is 1. The van der Waals surface area contributed by atoms with E-state index < -0.39 is 0 Å². The van der Waals surface area contributed by atoms with Crippen LogP contribution in [0, 0.1) is 5.92 Å². The van der Waals surface area contributed by atoms with Gasteiger partial charge in [-0.2, -0.15) is 0 Å². The monoisotopic (exact) mass is 260 g/mol. The first-order valence-electron chi connectivity index (χ1n) is 7.28. The summed E-state index contributed by atoms with van der Waals surface area (Å²) >= 11 is 0. The van der Waals surface area contributed by atoms with Crippen LogP contribution in [0.4, 0.5) is 5.69 Å². The Kier molecular flexibility index (Phi) is 4.97. The lowest BCUT2D eigenvalue weighted by Gasteiger charge is -2.12. The maximum atomic E-state index is 12.1. The molecule has 1 saturated carbocycles. The topological polar surface area (TPSA) is 41.1 Å². The second-order valence-electron chi connectivity index (χ2n) is 5.71. The molecule has 0 saturated heterocycles. The molecule has 2 rings (SSSR count). The summed E-state index contributed by atoms with van der Waals surface area (Å²) in [7, 11) is 0. The van der Waals surface area contributed by atoms with E-state index in [2.05, 4.69) is 36.6 Å². The van der Waals surface area contributed by atoms with Crippen molar-refractivity contribution < 1.29 is 4.79 Å². The van der Waals surface area contributed by atoms with E-state index in [0.717, 1.165) is 25.1 Å². The van der Waals surface area contributed by atoms with Crippen LogP contribution in [0.25, 0.3) is 0 Å². The number of amides is 1. The lowest BCUT2D eigenvalue weighted by atomic mass is 10.1. The number of hydrogen-bond donors (Lipinski definition) is 2. The molecule has 0 atom stereocenters. The van der Waals surface area contributed by atoms with Crippen molar-refractivity contribution in [2.24, 2.45) is 5.92 Å². The van der Waals surface area contributed by atoms with E-state index in [1.165, 1.54) is 18.4 Å². The first-order valence-corrected chi connectivity index (χ1v) is 7.28. The van der Waals surface area contributed by atoms with Crippen LogP contribution in [-0.4, -0.2) is 11.9 Å². The minimum Gasteiger partial charge on any atom is -0.326 e. The molecule has 1 aliphatic rings. The van der Waals surface area contributed by atoms with Crippen molar-refractivity contribution in [3.63, 3.8) is 0 Å². The average Bonchev–Trinajstić information content (AvgIpc) is 2.91. The van der Waals surface area contributed by atoms with Gasteiger partial charge in [-0.25, -0.2) is 0 Å². The third-order valence-corrected chi connectivity index (χ3v) is 3.63. The smallest absolute Gasteiger partial charge is 0.227 e. The van der Waals surface area contributed by atoms with Crippen molar-refractivity contribution in [3.8, 4) is 0 Å². The average molecular weight is 260 g/mol. The zero-order valence-corrected chi connectivity index (χ0v) is 11.9. The summed E-state index contributed by atoms with van der Waals surface area (Å²) in [6.07, 6.45) is 4.47. The molecule has 0 radical (unpaired) electrons. The number of hydrogen-bond acceptors (Lipinski definition) is 2. The highest BCUT2D eigenvalue weighted by molar-refractivity contribution is 5.92. The summed E-state index contributed by atoms with van der Waals surface area (Å²) in [6, 6.07) is 8.58. The summed E-state index contributed by atoms with van der Waals surface area (Å²) in [5.41, 5.74) is 2.12. The lowest BCUT2D eigenvalue weighted by Crippen LogP contribution is -2.22. The van der Waals surface area contributed by atoms with E-state index in [1.54, 1.807) is 0 Å². The molecule has 1 fully saturated rings. The molecule has 2 N–H and O–H groups in total. The molecular weight excluding hydrogens is 236 g/mol. The zero-order chi connectivity index (χ0) is 13.7. The molecule has 3 nitrogen and oxygen atoms in total. The van der Waals surface area contributed by atoms with Crippen molar-refractivity contribution >= 4 is 11.6 Å². The Hall–Kier alpha value is -1.35. The van der Waals surface area contributed by atoms with Gasteiger partial charge in [0.05, 0.1) is 0 Å². The van der Waals surface area contributed by atoms with Gasteiger partial charge in [0.1, 0.15) is 0 Å². The fourth-order valence-electron chi connectivity index (χ4n) is 2.51. The van der Waals surface area contributed by atoms with Gasteiger partial charge in [-0.15, -0.1) is 0 Å². The second kappa shape index (κ2) is 6.71. The molecule has 1 amide bonds. The lowest BCUT2D eigenvalue weighted by molar-refractivity contribution is -0.119. The Morgan fingerprint density at radius 2 is 2.05 bits per heavy atom. The Morgan fingerprint density at radius 3 is 2.74 bits per heavy atom. The van der Waals surface area contributed by atoms with E-state index in [4.69, 9.17) is 0 Å². The number of carbonyl (C=O) groups is 1. The van der Waals surface area contributed by atoms with E-state index in [-0.39, 0.29) is 11.8 Å². The minimum absolute atomic E-state index is 0.187. The van der Waals surface area contributed by atoms with Crippen LogP contribution in [0.15, 0.2) is 24.3 Å². The molecule has 19 heavy (non-hydrogen) atoms. The number of benzene rings is 1. The van der Waals surface area contributed by atoms with Crippen LogP contribution >= 0.6 is 0 Å². The van der Waals surface area contributed by atoms with Gasteiger partial charge in [0.2, 0.25) is 5.91 Å². The molecule has 1 aliphatic carbocycles. The Bertz CT molecular complexity index is 423. The van der Waals surface area contributed by atoms with Gasteiger partial charge < -0.3 is 10.6 Å². The van der Waals surface area contributed by atoms with Crippen LogP contribution in [0.3, 0.4) is 0 Å². The van der Waals surface area contributed by atoms with Crippen molar-refractivity contribution in [1.82, 2.24) is 5.32 Å². The molecule has 0 bridgehead atoms. The summed E-state index contributed by atoms with van der Waals surface area (Å²) < 4.78 is 0. The van der Waals surface area contributed by atoms with Gasteiger partial charge >= 0.3 is 0 Å². The predicted octanol–water partition coefficient (Wildman–Crippen LogP) is 3.31. The highest BCUT2D eigenvalue weighted by atomic mass is 16.1. The Balaban J connectivity index is 1.92. The molecule has 0 spiro atoms. The first kappa shape index (κ1) is 14.1. The Labute approximate surface area is 115 Å². The van der Waals surface area contributed by atoms with Gasteiger partial charge in [0.25, 0.3) is 0 Å². The predicted molar refractivity (Wildman–Crippen MR) is 79.0 cm³/mol. The van der Waals surface area contributed by atoms with Gasteiger partial charge in [-0.05, 0) is 30.5 Å². The fourth-order valence-corrected chi connectivity index (χ4v) is 2.51. The molecule has 0 heterocycles. The third kappa shape index (κ3) is 4.35. The van der Waals surface area contributed by atoms with Crippen molar-refractivity contribution in [2.45, 2.75) is 52.1 Å². The molecule has 104 valence electrons. The molecule has 3 heteroatoms. The standard InChI is InChI=1S/C16H24N2O/c1-12(2)17-11-13-6-5-9-15(10-13)18-16(19)14-7-3-4-8-14/h5-6,9-10,12,14,17H,3-4,7-8,11H2,1-2H3,(H,18,19). The summed E-state index contributed by atoms with van der Waals surface area (Å²) in [4.78, 5) is 12.1. The SMILES string of the molecule is CC(C)NCc1cccc(NC(=O)C2CCCC2)c1. The number of rotatable bonds is 5. The van der Waals surface area contributed by atoms with Gasteiger partial charge in [-0.1, -0.05) is 38.8 Å². The van der Waals surface area contributed by atoms with Crippen LogP contribution in [-0.2, 0) is 11.3 Å². The second-order valence-corrected chi connectivity index (χ2v) is 5.71. The fraction of sp³-hybridized carbons (Fsp3) is 0.562. The van der Waals surface area contributed by atoms with Gasteiger partial charge in [0.15, 0.2) is 0 Å². The molecule has 1 aromatic carbocycles. The van der Waals surface area contributed by atoms with Crippen LogP contribution < -0.4 is 10.6 Å². The minimum atomic E-state index is 0.187. The van der Waals surface area contributed by atoms with Crippen LogP contribution in [0.2, 0.25) is 0 Å². The quantitative estimate of drug-likeness (QED) is 0.852. The molecule has 0 unspecified atom stereocenters. The van der Waals surface area contributed by atoms with Crippen molar-refractivity contribution in [1.29, 1.82) is 0 Å². The summed E-state index contributed by atoms with van der Waals surface area (Å²) in [5, 5.41) is 6.43. The Morgan fingerprint density at radius 1 is 1.32 bits per heavy atom.